The number of halogens is 2. The number of aromatic nitrogens is 2. The Hall–Kier alpha value is -1.10. The van der Waals surface area contributed by atoms with E-state index in [0.717, 1.165) is 6.20 Å². The van der Waals surface area contributed by atoms with Gasteiger partial charge in [0.1, 0.15) is 5.82 Å². The average molecular weight is 166 g/mol. The SMILES string of the molecule is Cl.Nc1[nH]c(=O)ncc1F. The standard InChI is InChI=1S/C4H4FN3O.ClH/c5-2-1-7-4(9)8-3(2)6;/h1H,(H3,6,7,8,9);1H. The summed E-state index contributed by atoms with van der Waals surface area (Å²) in [6.07, 6.45) is 0.772. The first kappa shape index (κ1) is 8.90. The zero-order valence-corrected chi connectivity index (χ0v) is 5.61. The highest BCUT2D eigenvalue weighted by Gasteiger charge is 1.95. The summed E-state index contributed by atoms with van der Waals surface area (Å²) in [5, 5.41) is 0. The second-order valence-corrected chi connectivity index (χ2v) is 1.45. The molecule has 1 heterocycles. The molecule has 0 saturated carbocycles. The normalized spacial score (nSPS) is 8.50. The van der Waals surface area contributed by atoms with Crippen LogP contribution in [0, 0.1) is 5.82 Å². The molecule has 0 spiro atoms. The monoisotopic (exact) mass is 165 g/mol. The predicted molar refractivity (Wildman–Crippen MR) is 36.5 cm³/mol. The minimum atomic E-state index is -0.713. The summed E-state index contributed by atoms with van der Waals surface area (Å²) in [7, 11) is 0. The number of H-pyrrole nitrogens is 1. The maximum atomic E-state index is 12.1. The largest absolute Gasteiger partial charge is 0.383 e. The van der Waals surface area contributed by atoms with Gasteiger partial charge in [-0.15, -0.1) is 12.4 Å². The van der Waals surface area contributed by atoms with Crippen molar-refractivity contribution < 1.29 is 4.39 Å². The quantitative estimate of drug-likeness (QED) is 0.565. The van der Waals surface area contributed by atoms with Crippen molar-refractivity contribution in [2.45, 2.75) is 0 Å². The first-order valence-electron chi connectivity index (χ1n) is 2.20. The number of nitrogens with two attached hydrogens (primary N) is 1. The predicted octanol–water partition coefficient (Wildman–Crippen LogP) is -0.0870. The maximum Gasteiger partial charge on any atom is 0.346 e. The van der Waals surface area contributed by atoms with E-state index in [-0.39, 0.29) is 18.2 Å². The molecule has 0 aliphatic carbocycles. The van der Waals surface area contributed by atoms with Crippen LogP contribution in [0.2, 0.25) is 0 Å². The molecule has 1 aromatic rings. The number of anilines is 1. The number of rotatable bonds is 0. The summed E-state index contributed by atoms with van der Waals surface area (Å²) in [4.78, 5) is 15.3. The highest BCUT2D eigenvalue weighted by atomic mass is 35.5. The van der Waals surface area contributed by atoms with E-state index in [9.17, 15) is 9.18 Å². The van der Waals surface area contributed by atoms with Crippen molar-refractivity contribution in [1.29, 1.82) is 0 Å². The van der Waals surface area contributed by atoms with E-state index in [4.69, 9.17) is 5.73 Å². The fourth-order valence-corrected chi connectivity index (χ4v) is 0.392. The van der Waals surface area contributed by atoms with Crippen LogP contribution in [-0.2, 0) is 0 Å². The number of nitrogens with zero attached hydrogens (tertiary/aromatic N) is 1. The van der Waals surface area contributed by atoms with Crippen LogP contribution in [0.5, 0.6) is 0 Å². The summed E-state index contributed by atoms with van der Waals surface area (Å²) < 4.78 is 12.1. The minimum absolute atomic E-state index is 0. The molecule has 10 heavy (non-hydrogen) atoms. The van der Waals surface area contributed by atoms with Crippen molar-refractivity contribution in [2.75, 3.05) is 5.73 Å². The second kappa shape index (κ2) is 3.17. The summed E-state index contributed by atoms with van der Waals surface area (Å²) >= 11 is 0. The molecule has 0 fully saturated rings. The van der Waals surface area contributed by atoms with Crippen molar-refractivity contribution in [1.82, 2.24) is 9.97 Å². The molecular weight excluding hydrogens is 161 g/mol. The van der Waals surface area contributed by atoms with E-state index in [1.54, 1.807) is 0 Å². The molecule has 0 bridgehead atoms. The van der Waals surface area contributed by atoms with E-state index in [1.165, 1.54) is 0 Å². The highest BCUT2D eigenvalue weighted by Crippen LogP contribution is 1.96. The fraction of sp³-hybridized carbons (Fsp3) is 0. The van der Waals surface area contributed by atoms with Gasteiger partial charge in [-0.3, -0.25) is 4.98 Å². The van der Waals surface area contributed by atoms with E-state index in [0.29, 0.717) is 0 Å². The molecule has 3 N–H and O–H groups in total. The average Bonchev–Trinajstić information content (AvgIpc) is 1.80. The second-order valence-electron chi connectivity index (χ2n) is 1.45. The number of hydrogen-bond acceptors (Lipinski definition) is 3. The first-order chi connectivity index (χ1) is 4.20. The van der Waals surface area contributed by atoms with Gasteiger partial charge in [0.2, 0.25) is 0 Å². The summed E-state index contributed by atoms with van der Waals surface area (Å²) in [6.45, 7) is 0. The van der Waals surface area contributed by atoms with Crippen LogP contribution in [0.3, 0.4) is 0 Å². The van der Waals surface area contributed by atoms with E-state index in [2.05, 4.69) is 4.98 Å². The molecular formula is C4H5ClFN3O. The van der Waals surface area contributed by atoms with Gasteiger partial charge in [0, 0.05) is 0 Å². The molecule has 1 aromatic heterocycles. The van der Waals surface area contributed by atoms with E-state index >= 15 is 0 Å². The Balaban J connectivity index is 0.000000810. The van der Waals surface area contributed by atoms with Crippen LogP contribution in [0.4, 0.5) is 10.2 Å². The van der Waals surface area contributed by atoms with Gasteiger partial charge in [-0.2, -0.15) is 4.98 Å². The lowest BCUT2D eigenvalue weighted by molar-refractivity contribution is 0.617. The Morgan fingerprint density at radius 2 is 2.30 bits per heavy atom. The lowest BCUT2D eigenvalue weighted by atomic mass is 10.6. The summed E-state index contributed by atoms with van der Waals surface area (Å²) in [5.41, 5.74) is 4.31. The number of hydrogen-bond donors (Lipinski definition) is 2. The van der Waals surface area contributed by atoms with Crippen molar-refractivity contribution >= 4 is 18.2 Å². The molecule has 0 unspecified atom stereocenters. The zero-order chi connectivity index (χ0) is 6.85. The summed E-state index contributed by atoms with van der Waals surface area (Å²) in [6, 6.07) is 0. The van der Waals surface area contributed by atoms with Crippen LogP contribution in [-0.4, -0.2) is 9.97 Å². The van der Waals surface area contributed by atoms with Crippen molar-refractivity contribution in [3.05, 3.63) is 22.5 Å². The lowest BCUT2D eigenvalue weighted by Crippen LogP contribution is -2.12. The topological polar surface area (TPSA) is 71.8 Å². The van der Waals surface area contributed by atoms with Gasteiger partial charge in [0.25, 0.3) is 0 Å². The third kappa shape index (κ3) is 1.70. The smallest absolute Gasteiger partial charge is 0.346 e. The molecule has 0 atom stereocenters. The van der Waals surface area contributed by atoms with Gasteiger partial charge in [-0.05, 0) is 0 Å². The molecule has 56 valence electrons. The number of nitrogens with one attached hydrogen (secondary N) is 1. The highest BCUT2D eigenvalue weighted by molar-refractivity contribution is 5.85. The Morgan fingerprint density at radius 1 is 1.70 bits per heavy atom. The molecule has 0 amide bonds. The number of aromatic amines is 1. The van der Waals surface area contributed by atoms with Gasteiger partial charge < -0.3 is 5.73 Å². The molecule has 0 saturated heterocycles. The Labute approximate surface area is 61.7 Å². The van der Waals surface area contributed by atoms with Crippen LogP contribution in [0.1, 0.15) is 0 Å². The molecule has 0 radical (unpaired) electrons. The van der Waals surface area contributed by atoms with Crippen LogP contribution in [0.15, 0.2) is 11.0 Å². The first-order valence-corrected chi connectivity index (χ1v) is 2.20. The van der Waals surface area contributed by atoms with Gasteiger partial charge in [-0.1, -0.05) is 0 Å². The third-order valence-corrected chi connectivity index (χ3v) is 0.794. The molecule has 6 heteroatoms. The van der Waals surface area contributed by atoms with Crippen molar-refractivity contribution in [2.24, 2.45) is 0 Å². The van der Waals surface area contributed by atoms with Crippen LogP contribution >= 0.6 is 12.4 Å². The minimum Gasteiger partial charge on any atom is -0.383 e. The molecule has 4 nitrogen and oxygen atoms in total. The van der Waals surface area contributed by atoms with Gasteiger partial charge in [-0.25, -0.2) is 9.18 Å². The van der Waals surface area contributed by atoms with Crippen molar-refractivity contribution in [3.63, 3.8) is 0 Å². The van der Waals surface area contributed by atoms with Gasteiger partial charge in [0.05, 0.1) is 6.20 Å². The molecule has 1 rings (SSSR count). The fourth-order valence-electron chi connectivity index (χ4n) is 0.392. The Bertz CT molecular complexity index is 273. The Kier molecular flexibility index (Phi) is 2.82. The zero-order valence-electron chi connectivity index (χ0n) is 4.80. The molecule has 0 aliphatic heterocycles. The molecule has 0 aromatic carbocycles. The maximum absolute atomic E-state index is 12.1. The van der Waals surface area contributed by atoms with Crippen molar-refractivity contribution in [3.8, 4) is 0 Å². The van der Waals surface area contributed by atoms with Crippen LogP contribution in [0.25, 0.3) is 0 Å². The van der Waals surface area contributed by atoms with E-state index in [1.807, 2.05) is 4.98 Å². The van der Waals surface area contributed by atoms with E-state index < -0.39 is 11.5 Å². The lowest BCUT2D eigenvalue weighted by Gasteiger charge is -1.89. The summed E-state index contributed by atoms with van der Waals surface area (Å²) in [5.74, 6) is -0.996. The third-order valence-electron chi connectivity index (χ3n) is 0.794. The van der Waals surface area contributed by atoms with Gasteiger partial charge >= 0.3 is 5.69 Å². The number of nitrogen functional groups attached to an aromatic ring is 1. The molecule has 0 aliphatic rings. The Morgan fingerprint density at radius 3 is 2.70 bits per heavy atom. The van der Waals surface area contributed by atoms with Crippen LogP contribution < -0.4 is 11.4 Å². The van der Waals surface area contributed by atoms with Gasteiger partial charge in [0.15, 0.2) is 5.82 Å².